The summed E-state index contributed by atoms with van der Waals surface area (Å²) in [5.41, 5.74) is 1.49. The molecule has 0 radical (unpaired) electrons. The highest BCUT2D eigenvalue weighted by Crippen LogP contribution is 2.30. The Bertz CT molecular complexity index is 1130. The number of carbonyl (C=O) groups is 2. The monoisotopic (exact) mass is 479 g/mol. The van der Waals surface area contributed by atoms with E-state index < -0.39 is 0 Å². The van der Waals surface area contributed by atoms with Gasteiger partial charge in [-0.3, -0.25) is 9.59 Å². The highest BCUT2D eigenvalue weighted by Gasteiger charge is 2.28. The third kappa shape index (κ3) is 5.85. The highest BCUT2D eigenvalue weighted by atomic mass is 35.5. The largest absolute Gasteiger partial charge is 0.493 e. The minimum atomic E-state index is -0.149. The number of likely N-dealkylation sites (tertiary alicyclic amines) is 1. The van der Waals surface area contributed by atoms with E-state index in [9.17, 15) is 9.59 Å². The number of rotatable bonds is 7. The van der Waals surface area contributed by atoms with E-state index in [4.69, 9.17) is 21.1 Å². The Morgan fingerprint density at radius 3 is 2.50 bits per heavy atom. The van der Waals surface area contributed by atoms with Crippen molar-refractivity contribution in [1.82, 2.24) is 9.88 Å². The molecule has 3 aromatic rings. The molecular formula is C26H26ClN3O4. The van der Waals surface area contributed by atoms with Crippen molar-refractivity contribution in [2.45, 2.75) is 19.4 Å². The van der Waals surface area contributed by atoms with E-state index in [-0.39, 0.29) is 17.7 Å². The first kappa shape index (κ1) is 23.6. The fourth-order valence-electron chi connectivity index (χ4n) is 3.85. The summed E-state index contributed by atoms with van der Waals surface area (Å²) in [5, 5.41) is 3.51. The number of aromatic nitrogens is 1. The second-order valence-corrected chi connectivity index (χ2v) is 8.49. The topological polar surface area (TPSA) is 80.8 Å². The third-order valence-corrected chi connectivity index (χ3v) is 6.04. The molecule has 176 valence electrons. The first-order valence-corrected chi connectivity index (χ1v) is 11.5. The van der Waals surface area contributed by atoms with Gasteiger partial charge in [0.15, 0.2) is 11.5 Å². The first-order valence-electron chi connectivity index (χ1n) is 11.1. The number of hydrogen-bond donors (Lipinski definition) is 1. The van der Waals surface area contributed by atoms with E-state index in [1.54, 1.807) is 48.5 Å². The zero-order valence-corrected chi connectivity index (χ0v) is 19.6. The Hall–Kier alpha value is -3.58. The number of nitrogens with zero attached hydrogens (tertiary/aromatic N) is 2. The zero-order chi connectivity index (χ0) is 23.9. The number of halogens is 1. The van der Waals surface area contributed by atoms with E-state index in [1.807, 2.05) is 30.3 Å². The number of piperidine rings is 1. The second kappa shape index (κ2) is 11.0. The number of methoxy groups -OCH3 is 1. The number of carbonyl (C=O) groups excluding carboxylic acids is 2. The quantitative estimate of drug-likeness (QED) is 0.525. The summed E-state index contributed by atoms with van der Waals surface area (Å²) in [6.45, 7) is 1.38. The molecule has 1 aliphatic heterocycles. The van der Waals surface area contributed by atoms with Gasteiger partial charge >= 0.3 is 0 Å². The van der Waals surface area contributed by atoms with E-state index in [0.29, 0.717) is 60.4 Å². The van der Waals surface area contributed by atoms with Crippen molar-refractivity contribution in [3.05, 3.63) is 83.0 Å². The van der Waals surface area contributed by atoms with E-state index >= 15 is 0 Å². The van der Waals surface area contributed by atoms with Crippen LogP contribution in [0, 0.1) is 5.92 Å². The maximum Gasteiger partial charge on any atom is 0.253 e. The molecule has 2 heterocycles. The molecule has 2 amide bonds. The maximum absolute atomic E-state index is 13.1. The predicted octanol–water partition coefficient (Wildman–Crippen LogP) is 4.81. The minimum Gasteiger partial charge on any atom is -0.493 e. The van der Waals surface area contributed by atoms with Crippen LogP contribution in [-0.2, 0) is 11.4 Å². The lowest BCUT2D eigenvalue weighted by molar-refractivity contribution is -0.121. The van der Waals surface area contributed by atoms with Crippen LogP contribution in [0.2, 0.25) is 5.02 Å². The van der Waals surface area contributed by atoms with Crippen molar-refractivity contribution in [1.29, 1.82) is 0 Å². The van der Waals surface area contributed by atoms with Crippen LogP contribution in [0.1, 0.15) is 28.8 Å². The average Bonchev–Trinajstić information content (AvgIpc) is 2.88. The number of nitrogens with one attached hydrogen (secondary N) is 1. The van der Waals surface area contributed by atoms with Gasteiger partial charge in [0, 0.05) is 35.8 Å². The van der Waals surface area contributed by atoms with Gasteiger partial charge < -0.3 is 19.7 Å². The van der Waals surface area contributed by atoms with Gasteiger partial charge in [-0.15, -0.1) is 0 Å². The standard InChI is InChI=1S/C26H26ClN3O4/c1-33-23-16-20(7-10-22(23)34-17-18-5-8-21(27)9-6-18)26(32)30-14-11-19(12-15-30)25(31)29-24-4-2-3-13-28-24/h2-10,13,16,19H,11-12,14-15,17H2,1H3,(H,28,29,31). The van der Waals surface area contributed by atoms with Crippen molar-refractivity contribution in [3.63, 3.8) is 0 Å². The minimum absolute atomic E-state index is 0.0605. The lowest BCUT2D eigenvalue weighted by Crippen LogP contribution is -2.41. The fraction of sp³-hybridized carbons (Fsp3) is 0.269. The Morgan fingerprint density at radius 2 is 1.82 bits per heavy atom. The van der Waals surface area contributed by atoms with E-state index in [0.717, 1.165) is 5.56 Å². The fourth-order valence-corrected chi connectivity index (χ4v) is 3.98. The SMILES string of the molecule is COc1cc(C(=O)N2CCC(C(=O)Nc3ccccn3)CC2)ccc1OCc1ccc(Cl)cc1. The van der Waals surface area contributed by atoms with Crippen molar-refractivity contribution >= 4 is 29.2 Å². The molecule has 34 heavy (non-hydrogen) atoms. The van der Waals surface area contributed by atoms with Crippen LogP contribution in [0.3, 0.4) is 0 Å². The average molecular weight is 480 g/mol. The van der Waals surface area contributed by atoms with Gasteiger partial charge in [0.05, 0.1) is 7.11 Å². The van der Waals surface area contributed by atoms with Crippen LogP contribution in [0.15, 0.2) is 66.9 Å². The Balaban J connectivity index is 1.33. The van der Waals surface area contributed by atoms with Crippen molar-refractivity contribution in [3.8, 4) is 11.5 Å². The van der Waals surface area contributed by atoms with Crippen LogP contribution >= 0.6 is 11.6 Å². The van der Waals surface area contributed by atoms with E-state index in [2.05, 4.69) is 10.3 Å². The van der Waals surface area contributed by atoms with Crippen molar-refractivity contribution < 1.29 is 19.1 Å². The summed E-state index contributed by atoms with van der Waals surface area (Å²) in [5.74, 6) is 1.28. The molecule has 1 aromatic heterocycles. The number of benzene rings is 2. The number of hydrogen-bond acceptors (Lipinski definition) is 5. The zero-order valence-electron chi connectivity index (χ0n) is 18.9. The summed E-state index contributed by atoms with van der Waals surface area (Å²) in [7, 11) is 1.55. The summed E-state index contributed by atoms with van der Waals surface area (Å²) < 4.78 is 11.3. The Labute approximate surface area is 203 Å². The van der Waals surface area contributed by atoms with Gasteiger partial charge in [0.25, 0.3) is 5.91 Å². The molecule has 2 aromatic carbocycles. The lowest BCUT2D eigenvalue weighted by atomic mass is 9.95. The van der Waals surface area contributed by atoms with Gasteiger partial charge in [0.1, 0.15) is 12.4 Å². The molecule has 0 atom stereocenters. The molecule has 0 aliphatic carbocycles. The highest BCUT2D eigenvalue weighted by molar-refractivity contribution is 6.30. The van der Waals surface area contributed by atoms with Crippen LogP contribution < -0.4 is 14.8 Å². The van der Waals surface area contributed by atoms with Crippen molar-refractivity contribution in [2.24, 2.45) is 5.92 Å². The lowest BCUT2D eigenvalue weighted by Gasteiger charge is -2.31. The van der Waals surface area contributed by atoms with Gasteiger partial charge in [-0.25, -0.2) is 4.98 Å². The smallest absolute Gasteiger partial charge is 0.253 e. The van der Waals surface area contributed by atoms with Crippen LogP contribution in [-0.4, -0.2) is 41.9 Å². The van der Waals surface area contributed by atoms with Crippen molar-refractivity contribution in [2.75, 3.05) is 25.5 Å². The van der Waals surface area contributed by atoms with Gasteiger partial charge in [-0.05, 0) is 60.9 Å². The molecule has 1 N–H and O–H groups in total. The number of anilines is 1. The van der Waals surface area contributed by atoms with Gasteiger partial charge in [-0.2, -0.15) is 0 Å². The molecule has 4 rings (SSSR count). The summed E-state index contributed by atoms with van der Waals surface area (Å²) in [6.07, 6.45) is 2.84. The first-order chi connectivity index (χ1) is 16.5. The molecule has 1 saturated heterocycles. The van der Waals surface area contributed by atoms with Gasteiger partial charge in [-0.1, -0.05) is 29.8 Å². The molecule has 7 nitrogen and oxygen atoms in total. The maximum atomic E-state index is 13.1. The van der Waals surface area contributed by atoms with Gasteiger partial charge in [0.2, 0.25) is 5.91 Å². The third-order valence-electron chi connectivity index (χ3n) is 5.79. The summed E-state index contributed by atoms with van der Waals surface area (Å²) >= 11 is 5.92. The molecule has 8 heteroatoms. The number of amides is 2. The molecular weight excluding hydrogens is 454 g/mol. The summed E-state index contributed by atoms with van der Waals surface area (Å²) in [4.78, 5) is 31.5. The summed E-state index contributed by atoms with van der Waals surface area (Å²) in [6, 6.07) is 18.0. The molecule has 0 saturated carbocycles. The van der Waals surface area contributed by atoms with Crippen LogP contribution in [0.25, 0.3) is 0 Å². The molecule has 0 unspecified atom stereocenters. The molecule has 0 bridgehead atoms. The van der Waals surface area contributed by atoms with E-state index in [1.165, 1.54) is 0 Å². The predicted molar refractivity (Wildman–Crippen MR) is 130 cm³/mol. The Morgan fingerprint density at radius 1 is 1.06 bits per heavy atom. The number of ether oxygens (including phenoxy) is 2. The molecule has 0 spiro atoms. The second-order valence-electron chi connectivity index (χ2n) is 8.05. The molecule has 1 aliphatic rings. The van der Waals surface area contributed by atoms with Crippen LogP contribution in [0.4, 0.5) is 5.82 Å². The Kier molecular flexibility index (Phi) is 7.65. The molecule has 1 fully saturated rings. The van der Waals surface area contributed by atoms with Crippen LogP contribution in [0.5, 0.6) is 11.5 Å². The normalized spacial score (nSPS) is 13.9. The number of pyridine rings is 1.